The van der Waals surface area contributed by atoms with Crippen molar-refractivity contribution in [1.82, 2.24) is 0 Å². The lowest BCUT2D eigenvalue weighted by Gasteiger charge is -2.42. The Morgan fingerprint density at radius 1 is 0.913 bits per heavy atom. The van der Waals surface area contributed by atoms with Gasteiger partial charge in [0.25, 0.3) is 0 Å². The van der Waals surface area contributed by atoms with Gasteiger partial charge in [0, 0.05) is 6.42 Å². The molecular weight excluding hydrogens is 284 g/mol. The number of carbonyl (C=O) groups is 1. The van der Waals surface area contributed by atoms with E-state index in [1.165, 1.54) is 89.9 Å². The predicted octanol–water partition coefficient (Wildman–Crippen LogP) is 6.42. The molecule has 134 valence electrons. The highest BCUT2D eigenvalue weighted by atomic mass is 16.5. The SMILES string of the molecule is CCCCCCCCOC(=O)CC1CCC2(CCCCC2)CC1. The summed E-state index contributed by atoms with van der Waals surface area (Å²) in [6, 6.07) is 0. The first-order chi connectivity index (χ1) is 11.2. The molecule has 0 aromatic heterocycles. The normalized spacial score (nSPS) is 21.4. The van der Waals surface area contributed by atoms with E-state index < -0.39 is 0 Å². The van der Waals surface area contributed by atoms with Gasteiger partial charge in [0.1, 0.15) is 0 Å². The highest BCUT2D eigenvalue weighted by molar-refractivity contribution is 5.69. The third kappa shape index (κ3) is 6.85. The smallest absolute Gasteiger partial charge is 0.306 e. The van der Waals surface area contributed by atoms with Gasteiger partial charge in [0.05, 0.1) is 6.61 Å². The minimum atomic E-state index is 0.0585. The van der Waals surface area contributed by atoms with E-state index in [9.17, 15) is 4.79 Å². The molecule has 0 radical (unpaired) electrons. The number of hydrogen-bond donors (Lipinski definition) is 0. The highest BCUT2D eigenvalue weighted by Crippen LogP contribution is 2.49. The highest BCUT2D eigenvalue weighted by Gasteiger charge is 2.36. The first-order valence-corrected chi connectivity index (χ1v) is 10.4. The van der Waals surface area contributed by atoms with Crippen LogP contribution in [0.3, 0.4) is 0 Å². The lowest BCUT2D eigenvalue weighted by atomic mass is 9.63. The summed E-state index contributed by atoms with van der Waals surface area (Å²) in [5.74, 6) is 0.655. The van der Waals surface area contributed by atoms with Crippen LogP contribution in [0.2, 0.25) is 0 Å². The molecule has 2 nitrogen and oxygen atoms in total. The molecule has 0 aromatic rings. The average molecular weight is 323 g/mol. The Labute approximate surface area is 143 Å². The van der Waals surface area contributed by atoms with E-state index in [1.807, 2.05) is 0 Å². The van der Waals surface area contributed by atoms with Crippen LogP contribution in [0.25, 0.3) is 0 Å². The molecule has 0 aliphatic heterocycles. The first kappa shape index (κ1) is 18.8. The third-order valence-electron chi connectivity index (χ3n) is 6.30. The average Bonchev–Trinajstić information content (AvgIpc) is 2.57. The van der Waals surface area contributed by atoms with Crippen LogP contribution in [0.15, 0.2) is 0 Å². The van der Waals surface area contributed by atoms with Gasteiger partial charge in [-0.1, -0.05) is 58.3 Å². The minimum absolute atomic E-state index is 0.0585. The molecule has 2 aliphatic carbocycles. The summed E-state index contributed by atoms with van der Waals surface area (Å²) in [5.41, 5.74) is 0.664. The molecule has 0 saturated heterocycles. The number of unbranched alkanes of at least 4 members (excludes halogenated alkanes) is 5. The Kier molecular flexibility index (Phi) is 8.47. The van der Waals surface area contributed by atoms with Gasteiger partial charge < -0.3 is 4.74 Å². The Hall–Kier alpha value is -0.530. The summed E-state index contributed by atoms with van der Waals surface area (Å²) in [6.45, 7) is 2.88. The Morgan fingerprint density at radius 2 is 1.57 bits per heavy atom. The van der Waals surface area contributed by atoms with Crippen molar-refractivity contribution in [2.75, 3.05) is 6.61 Å². The van der Waals surface area contributed by atoms with Gasteiger partial charge in [-0.3, -0.25) is 4.79 Å². The van der Waals surface area contributed by atoms with Crippen LogP contribution in [0, 0.1) is 11.3 Å². The molecule has 2 rings (SSSR count). The van der Waals surface area contributed by atoms with E-state index in [4.69, 9.17) is 4.74 Å². The lowest BCUT2D eigenvalue weighted by Crippen LogP contribution is -2.30. The summed E-state index contributed by atoms with van der Waals surface area (Å²) in [6.07, 6.45) is 20.6. The molecule has 23 heavy (non-hydrogen) atoms. The maximum absolute atomic E-state index is 12.0. The summed E-state index contributed by atoms with van der Waals surface area (Å²) in [7, 11) is 0. The second-order valence-electron chi connectivity index (χ2n) is 8.20. The Morgan fingerprint density at radius 3 is 2.26 bits per heavy atom. The summed E-state index contributed by atoms with van der Waals surface area (Å²) in [4.78, 5) is 12.0. The van der Waals surface area contributed by atoms with Crippen LogP contribution in [0.1, 0.15) is 110 Å². The zero-order valence-electron chi connectivity index (χ0n) is 15.4. The standard InChI is InChI=1S/C21H38O2/c1-2-3-4-5-6-10-17-23-20(22)18-19-11-15-21(16-12-19)13-8-7-9-14-21/h19H,2-18H2,1H3. The van der Waals surface area contributed by atoms with Crippen molar-refractivity contribution >= 4 is 5.97 Å². The van der Waals surface area contributed by atoms with Gasteiger partial charge >= 0.3 is 5.97 Å². The van der Waals surface area contributed by atoms with Gasteiger partial charge in [-0.05, 0) is 56.3 Å². The number of carbonyl (C=O) groups excluding carboxylic acids is 1. The second-order valence-corrected chi connectivity index (χ2v) is 8.20. The van der Waals surface area contributed by atoms with Crippen LogP contribution < -0.4 is 0 Å². The fourth-order valence-corrected chi connectivity index (χ4v) is 4.66. The molecule has 0 atom stereocenters. The van der Waals surface area contributed by atoms with E-state index in [2.05, 4.69) is 6.92 Å². The molecule has 0 amide bonds. The molecule has 0 unspecified atom stereocenters. The van der Waals surface area contributed by atoms with Crippen LogP contribution in [-0.2, 0) is 9.53 Å². The van der Waals surface area contributed by atoms with Crippen molar-refractivity contribution in [3.8, 4) is 0 Å². The van der Waals surface area contributed by atoms with Crippen LogP contribution in [0.4, 0.5) is 0 Å². The fraction of sp³-hybridized carbons (Fsp3) is 0.952. The van der Waals surface area contributed by atoms with E-state index in [1.54, 1.807) is 0 Å². The number of hydrogen-bond acceptors (Lipinski definition) is 2. The Bertz CT molecular complexity index is 321. The lowest BCUT2D eigenvalue weighted by molar-refractivity contribution is -0.145. The van der Waals surface area contributed by atoms with Gasteiger partial charge in [0.15, 0.2) is 0 Å². The Balaban J connectivity index is 1.51. The maximum Gasteiger partial charge on any atom is 0.306 e. The van der Waals surface area contributed by atoms with Crippen molar-refractivity contribution in [2.24, 2.45) is 11.3 Å². The monoisotopic (exact) mass is 322 g/mol. The molecule has 0 aromatic carbocycles. The minimum Gasteiger partial charge on any atom is -0.466 e. The van der Waals surface area contributed by atoms with Crippen molar-refractivity contribution in [2.45, 2.75) is 110 Å². The fourth-order valence-electron chi connectivity index (χ4n) is 4.66. The van der Waals surface area contributed by atoms with Gasteiger partial charge in [-0.2, -0.15) is 0 Å². The van der Waals surface area contributed by atoms with Crippen LogP contribution >= 0.6 is 0 Å². The molecular formula is C21H38O2. The molecule has 2 fully saturated rings. The second kappa shape index (κ2) is 10.4. The maximum atomic E-state index is 12.0. The van der Waals surface area contributed by atoms with E-state index in [0.29, 0.717) is 24.4 Å². The predicted molar refractivity (Wildman–Crippen MR) is 96.4 cm³/mol. The zero-order valence-corrected chi connectivity index (χ0v) is 15.4. The summed E-state index contributed by atoms with van der Waals surface area (Å²) in [5, 5.41) is 0. The molecule has 0 N–H and O–H groups in total. The van der Waals surface area contributed by atoms with E-state index in [-0.39, 0.29) is 5.97 Å². The molecule has 2 heteroatoms. The number of esters is 1. The van der Waals surface area contributed by atoms with Crippen LogP contribution in [0.5, 0.6) is 0 Å². The quantitative estimate of drug-likeness (QED) is 0.361. The topological polar surface area (TPSA) is 26.3 Å². The molecule has 0 heterocycles. The van der Waals surface area contributed by atoms with Crippen molar-refractivity contribution < 1.29 is 9.53 Å². The summed E-state index contributed by atoms with van der Waals surface area (Å²) >= 11 is 0. The van der Waals surface area contributed by atoms with Crippen LogP contribution in [-0.4, -0.2) is 12.6 Å². The first-order valence-electron chi connectivity index (χ1n) is 10.4. The van der Waals surface area contributed by atoms with E-state index in [0.717, 1.165) is 6.42 Å². The van der Waals surface area contributed by atoms with Crippen molar-refractivity contribution in [3.05, 3.63) is 0 Å². The zero-order chi connectivity index (χ0) is 16.4. The molecule has 0 bridgehead atoms. The van der Waals surface area contributed by atoms with Crippen molar-refractivity contribution in [3.63, 3.8) is 0 Å². The van der Waals surface area contributed by atoms with Gasteiger partial charge in [-0.15, -0.1) is 0 Å². The number of ether oxygens (including phenoxy) is 1. The third-order valence-corrected chi connectivity index (χ3v) is 6.30. The number of rotatable bonds is 9. The van der Waals surface area contributed by atoms with Gasteiger partial charge in [0.2, 0.25) is 0 Å². The van der Waals surface area contributed by atoms with Crippen molar-refractivity contribution in [1.29, 1.82) is 0 Å². The van der Waals surface area contributed by atoms with Gasteiger partial charge in [-0.25, -0.2) is 0 Å². The molecule has 2 aliphatic rings. The molecule has 1 spiro atoms. The summed E-state index contributed by atoms with van der Waals surface area (Å²) < 4.78 is 5.45. The molecule has 2 saturated carbocycles. The largest absolute Gasteiger partial charge is 0.466 e. The van der Waals surface area contributed by atoms with E-state index >= 15 is 0 Å².